The van der Waals surface area contributed by atoms with E-state index in [-0.39, 0.29) is 0 Å². The van der Waals surface area contributed by atoms with Gasteiger partial charge in [-0.1, -0.05) is 78.9 Å². The van der Waals surface area contributed by atoms with E-state index in [2.05, 4.69) is 120 Å². The summed E-state index contributed by atoms with van der Waals surface area (Å²) < 4.78 is 2.27. The van der Waals surface area contributed by atoms with Crippen molar-refractivity contribution in [3.63, 3.8) is 0 Å². The number of hydrogen-bond donors (Lipinski definition) is 1. The van der Waals surface area contributed by atoms with Gasteiger partial charge in [0.25, 0.3) is 0 Å². The molecule has 6 aromatic rings. The summed E-state index contributed by atoms with van der Waals surface area (Å²) in [4.78, 5) is 0. The molecular weight excluding hydrogens is 400 g/mol. The van der Waals surface area contributed by atoms with Gasteiger partial charge in [0.1, 0.15) is 0 Å². The third-order valence-electron chi connectivity index (χ3n) is 6.41. The van der Waals surface area contributed by atoms with E-state index in [1.807, 2.05) is 18.2 Å². The van der Waals surface area contributed by atoms with Gasteiger partial charge in [-0.05, 0) is 64.7 Å². The maximum atomic E-state index is 3.44. The molecule has 33 heavy (non-hydrogen) atoms. The largest absolute Gasteiger partial charge is 0.356 e. The molecule has 0 spiro atoms. The van der Waals surface area contributed by atoms with Crippen LogP contribution in [0.15, 0.2) is 121 Å². The van der Waals surface area contributed by atoms with Gasteiger partial charge < -0.3 is 9.88 Å². The lowest BCUT2D eigenvalue weighted by Crippen LogP contribution is -1.89. The van der Waals surface area contributed by atoms with E-state index in [0.717, 1.165) is 11.4 Å². The summed E-state index contributed by atoms with van der Waals surface area (Å²) in [5, 5.41) is 6.05. The van der Waals surface area contributed by atoms with Gasteiger partial charge in [-0.3, -0.25) is 0 Å². The Morgan fingerprint density at radius 2 is 0.970 bits per heavy atom. The van der Waals surface area contributed by atoms with Crippen molar-refractivity contribution in [2.75, 3.05) is 5.32 Å². The van der Waals surface area contributed by atoms with E-state index in [0.29, 0.717) is 0 Å². The van der Waals surface area contributed by atoms with Crippen molar-refractivity contribution >= 4 is 33.2 Å². The number of anilines is 2. The monoisotopic (exact) mass is 424 g/mol. The number of nitrogens with one attached hydrogen (secondary N) is 1. The third-order valence-corrected chi connectivity index (χ3v) is 6.41. The predicted molar refractivity (Wildman–Crippen MR) is 141 cm³/mol. The second-order valence-corrected chi connectivity index (χ2v) is 8.45. The van der Waals surface area contributed by atoms with Crippen molar-refractivity contribution in [2.24, 2.45) is 7.05 Å². The molecule has 0 aliphatic carbocycles. The fourth-order valence-corrected chi connectivity index (χ4v) is 4.64. The number of hydrogen-bond acceptors (Lipinski definition) is 1. The van der Waals surface area contributed by atoms with Crippen LogP contribution in [0.1, 0.15) is 0 Å². The van der Waals surface area contributed by atoms with Crippen LogP contribution in [-0.2, 0) is 7.05 Å². The van der Waals surface area contributed by atoms with E-state index in [1.54, 1.807) is 0 Å². The van der Waals surface area contributed by atoms with Gasteiger partial charge in [-0.2, -0.15) is 0 Å². The molecule has 1 heterocycles. The predicted octanol–water partition coefficient (Wildman–Crippen LogP) is 8.41. The summed E-state index contributed by atoms with van der Waals surface area (Å²) in [5.41, 5.74) is 9.62. The maximum absolute atomic E-state index is 3.44. The maximum Gasteiger partial charge on any atom is 0.0489 e. The van der Waals surface area contributed by atoms with Crippen LogP contribution in [0.3, 0.4) is 0 Å². The molecule has 2 heteroatoms. The molecule has 0 saturated heterocycles. The summed E-state index contributed by atoms with van der Waals surface area (Å²) in [5.74, 6) is 0. The Kier molecular flexibility index (Phi) is 4.70. The van der Waals surface area contributed by atoms with Gasteiger partial charge in [0.2, 0.25) is 0 Å². The van der Waals surface area contributed by atoms with Crippen molar-refractivity contribution in [2.45, 2.75) is 0 Å². The van der Waals surface area contributed by atoms with Crippen LogP contribution in [0, 0.1) is 0 Å². The first-order valence-corrected chi connectivity index (χ1v) is 11.3. The molecule has 0 amide bonds. The normalized spacial score (nSPS) is 11.2. The third kappa shape index (κ3) is 3.56. The lowest BCUT2D eigenvalue weighted by molar-refractivity contribution is 1.01. The van der Waals surface area contributed by atoms with Gasteiger partial charge in [0.05, 0.1) is 0 Å². The van der Waals surface area contributed by atoms with Gasteiger partial charge in [-0.15, -0.1) is 0 Å². The molecule has 1 aromatic heterocycles. The highest BCUT2D eigenvalue weighted by Gasteiger charge is 2.09. The zero-order chi connectivity index (χ0) is 22.2. The minimum Gasteiger partial charge on any atom is -0.356 e. The van der Waals surface area contributed by atoms with Gasteiger partial charge in [0.15, 0.2) is 0 Å². The van der Waals surface area contributed by atoms with Crippen molar-refractivity contribution in [3.05, 3.63) is 121 Å². The molecule has 2 nitrogen and oxygen atoms in total. The summed E-state index contributed by atoms with van der Waals surface area (Å²) in [6.45, 7) is 0. The zero-order valence-electron chi connectivity index (χ0n) is 18.5. The van der Waals surface area contributed by atoms with Crippen molar-refractivity contribution in [1.82, 2.24) is 4.57 Å². The van der Waals surface area contributed by atoms with E-state index >= 15 is 0 Å². The SMILES string of the molecule is Cn1c2ccccc2c2cc(-c3ccc(-c4ccc(Nc5ccccc5)cc4)cc3)ccc21. The lowest BCUT2D eigenvalue weighted by atomic mass is 9.99. The van der Waals surface area contributed by atoms with Gasteiger partial charge in [0, 0.05) is 40.2 Å². The van der Waals surface area contributed by atoms with Crippen LogP contribution in [0.5, 0.6) is 0 Å². The molecule has 1 N–H and O–H groups in total. The molecule has 0 fully saturated rings. The number of aryl methyl sites for hydroxylation is 1. The minimum atomic E-state index is 1.09. The lowest BCUT2D eigenvalue weighted by Gasteiger charge is -2.09. The van der Waals surface area contributed by atoms with Gasteiger partial charge in [-0.25, -0.2) is 0 Å². The summed E-state index contributed by atoms with van der Waals surface area (Å²) in [6.07, 6.45) is 0. The molecule has 0 saturated carbocycles. The Labute approximate surface area is 193 Å². The van der Waals surface area contributed by atoms with Crippen molar-refractivity contribution < 1.29 is 0 Å². The molecule has 0 aliphatic rings. The molecule has 5 aromatic carbocycles. The van der Waals surface area contributed by atoms with Crippen molar-refractivity contribution in [3.8, 4) is 22.3 Å². The molecular formula is C31H24N2. The number of benzene rings is 5. The quantitative estimate of drug-likeness (QED) is 0.300. The molecule has 0 radical (unpaired) electrons. The Hall–Kier alpha value is -4.30. The van der Waals surface area contributed by atoms with E-state index < -0.39 is 0 Å². The topological polar surface area (TPSA) is 17.0 Å². The van der Waals surface area contributed by atoms with E-state index in [4.69, 9.17) is 0 Å². The van der Waals surface area contributed by atoms with Crippen LogP contribution in [0.2, 0.25) is 0 Å². The second kappa shape index (κ2) is 7.99. The second-order valence-electron chi connectivity index (χ2n) is 8.45. The highest BCUT2D eigenvalue weighted by molar-refractivity contribution is 6.09. The number of rotatable bonds is 4. The van der Waals surface area contributed by atoms with E-state index in [1.165, 1.54) is 44.1 Å². The Morgan fingerprint density at radius 3 is 1.70 bits per heavy atom. The Balaban J connectivity index is 1.28. The van der Waals surface area contributed by atoms with Crippen LogP contribution in [-0.4, -0.2) is 4.57 Å². The minimum absolute atomic E-state index is 1.09. The fraction of sp³-hybridized carbons (Fsp3) is 0.0323. The molecule has 6 rings (SSSR count). The smallest absolute Gasteiger partial charge is 0.0489 e. The number of aromatic nitrogens is 1. The van der Waals surface area contributed by atoms with Crippen LogP contribution >= 0.6 is 0 Å². The number of fused-ring (bicyclic) bond motifs is 3. The highest BCUT2D eigenvalue weighted by atomic mass is 14.9. The number of nitrogens with zero attached hydrogens (tertiary/aromatic N) is 1. The van der Waals surface area contributed by atoms with Crippen LogP contribution in [0.4, 0.5) is 11.4 Å². The first kappa shape index (κ1) is 19.4. The number of para-hydroxylation sites is 2. The highest BCUT2D eigenvalue weighted by Crippen LogP contribution is 2.33. The average Bonchev–Trinajstić information content (AvgIpc) is 3.17. The molecule has 158 valence electrons. The summed E-state index contributed by atoms with van der Waals surface area (Å²) in [7, 11) is 2.14. The van der Waals surface area contributed by atoms with Crippen LogP contribution in [0.25, 0.3) is 44.1 Å². The summed E-state index contributed by atoms with van der Waals surface area (Å²) in [6, 6.07) is 43.1. The van der Waals surface area contributed by atoms with Crippen molar-refractivity contribution in [1.29, 1.82) is 0 Å². The summed E-state index contributed by atoms with van der Waals surface area (Å²) >= 11 is 0. The molecule has 0 atom stereocenters. The zero-order valence-corrected chi connectivity index (χ0v) is 18.5. The standard InChI is InChI=1S/C31H24N2/c1-33-30-10-6-5-9-28(30)29-21-25(17-20-31(29)33)24-13-11-22(12-14-24)23-15-18-27(19-16-23)32-26-7-3-2-4-8-26/h2-21,32H,1H3. The molecule has 0 aliphatic heterocycles. The average molecular weight is 425 g/mol. The molecule has 0 unspecified atom stereocenters. The van der Waals surface area contributed by atoms with E-state index in [9.17, 15) is 0 Å². The van der Waals surface area contributed by atoms with Gasteiger partial charge >= 0.3 is 0 Å². The fourth-order valence-electron chi connectivity index (χ4n) is 4.64. The first-order chi connectivity index (χ1) is 16.3. The van der Waals surface area contributed by atoms with Crippen LogP contribution < -0.4 is 5.32 Å². The first-order valence-electron chi connectivity index (χ1n) is 11.3. The Bertz CT molecular complexity index is 1560. The molecule has 0 bridgehead atoms. The Morgan fingerprint density at radius 1 is 0.455 bits per heavy atom.